The van der Waals surface area contributed by atoms with Crippen molar-refractivity contribution >= 4 is 27.5 Å². The number of aliphatic hydroxyl groups is 2. The fourth-order valence-electron chi connectivity index (χ4n) is 7.32. The lowest BCUT2D eigenvalue weighted by Gasteiger charge is -2.46. The van der Waals surface area contributed by atoms with Crippen LogP contribution < -0.4 is 11.1 Å². The Balaban J connectivity index is 1.38. The summed E-state index contributed by atoms with van der Waals surface area (Å²) >= 11 is 0. The molecule has 1 saturated heterocycles. The predicted octanol–water partition coefficient (Wildman–Crippen LogP) is 6.36. The van der Waals surface area contributed by atoms with Crippen LogP contribution in [0.4, 0.5) is 0 Å². The van der Waals surface area contributed by atoms with Gasteiger partial charge in [-0.3, -0.25) is 4.79 Å². The summed E-state index contributed by atoms with van der Waals surface area (Å²) in [6.07, 6.45) is 0.640. The first-order valence-electron chi connectivity index (χ1n) is 20.9. The third kappa shape index (κ3) is 16.7. The van der Waals surface area contributed by atoms with Crippen LogP contribution in [0, 0.1) is 5.92 Å². The minimum atomic E-state index is -1.39. The molecule has 1 saturated carbocycles. The molecule has 326 valence electrons. The first-order valence-corrected chi connectivity index (χ1v) is 23.4. The Labute approximate surface area is 357 Å². The second kappa shape index (κ2) is 27.4. The Bertz CT molecular complexity index is 1550. The maximum atomic E-state index is 12.8. The van der Waals surface area contributed by atoms with Crippen molar-refractivity contribution < 1.29 is 48.2 Å². The Morgan fingerprint density at radius 3 is 1.92 bits per heavy atom. The van der Waals surface area contributed by atoms with Crippen molar-refractivity contribution in [1.29, 1.82) is 0 Å². The Morgan fingerprint density at radius 1 is 0.763 bits per heavy atom. The molecule has 12 nitrogen and oxygen atoms in total. The highest BCUT2D eigenvalue weighted by atomic mass is 33.1. The third-order valence-corrected chi connectivity index (χ3v) is 12.4. The summed E-state index contributed by atoms with van der Waals surface area (Å²) in [4.78, 5) is 12.8. The van der Waals surface area contributed by atoms with Gasteiger partial charge in [0.05, 0.1) is 45.7 Å². The van der Waals surface area contributed by atoms with Crippen molar-refractivity contribution in [3.05, 3.63) is 108 Å². The van der Waals surface area contributed by atoms with Gasteiger partial charge in [-0.1, -0.05) is 152 Å². The van der Waals surface area contributed by atoms with Crippen LogP contribution in [0.5, 0.6) is 0 Å². The van der Waals surface area contributed by atoms with E-state index >= 15 is 0 Å². The number of aliphatic hydroxyl groups excluding tert-OH is 2. The molecule has 3 aromatic carbocycles. The molecule has 59 heavy (non-hydrogen) atoms. The van der Waals surface area contributed by atoms with E-state index in [9.17, 15) is 15.0 Å². The molecule has 1 amide bonds. The van der Waals surface area contributed by atoms with Gasteiger partial charge in [0.2, 0.25) is 5.91 Å². The molecule has 0 bridgehead atoms. The molecule has 5 N–H and O–H groups in total. The van der Waals surface area contributed by atoms with Crippen LogP contribution in [0.2, 0.25) is 0 Å². The van der Waals surface area contributed by atoms with E-state index in [1.807, 2.05) is 91.0 Å². The largest absolute Gasteiger partial charge is 0.388 e. The molecular formula is C45H64N2O10S2. The summed E-state index contributed by atoms with van der Waals surface area (Å²) in [5, 5.41) is 25.4. The van der Waals surface area contributed by atoms with E-state index in [4.69, 9.17) is 38.9 Å². The normalized spacial score (nSPS) is 22.7. The Kier molecular flexibility index (Phi) is 22.0. The SMILES string of the molecule is CCC(=O)N[C@@H](COC1OC(COCSSCN)C(OCc2ccccc2)C(OCc2ccccc2)C1OCc1ccccc1)[C@H](O)[C@H](O)COCCC1CCCCC1. The van der Waals surface area contributed by atoms with Crippen LogP contribution in [0.15, 0.2) is 91.0 Å². The number of amides is 1. The summed E-state index contributed by atoms with van der Waals surface area (Å²) in [5.41, 5.74) is 8.57. The average Bonchev–Trinajstić information content (AvgIpc) is 3.28. The van der Waals surface area contributed by atoms with Gasteiger partial charge in [-0.2, -0.15) is 0 Å². The van der Waals surface area contributed by atoms with Gasteiger partial charge >= 0.3 is 0 Å². The number of benzene rings is 3. The summed E-state index contributed by atoms with van der Waals surface area (Å²) in [7, 11) is 2.98. The molecule has 5 unspecified atom stereocenters. The van der Waals surface area contributed by atoms with E-state index in [1.54, 1.807) is 6.92 Å². The lowest BCUT2D eigenvalue weighted by molar-refractivity contribution is -0.329. The molecule has 2 aliphatic rings. The summed E-state index contributed by atoms with van der Waals surface area (Å²) in [5.74, 6) is 1.14. The fraction of sp³-hybridized carbons (Fsp3) is 0.578. The number of hydrogen-bond donors (Lipinski definition) is 4. The number of hydrogen-bond acceptors (Lipinski definition) is 13. The topological polar surface area (TPSA) is 160 Å². The van der Waals surface area contributed by atoms with Gasteiger partial charge in [0, 0.05) is 18.9 Å². The summed E-state index contributed by atoms with van der Waals surface area (Å²) in [6, 6.07) is 28.5. The molecule has 0 aromatic heterocycles. The van der Waals surface area contributed by atoms with Crippen LogP contribution in [0.3, 0.4) is 0 Å². The monoisotopic (exact) mass is 856 g/mol. The highest BCUT2D eigenvalue weighted by Gasteiger charge is 2.49. The number of carbonyl (C=O) groups excluding carboxylic acids is 1. The van der Waals surface area contributed by atoms with E-state index < -0.39 is 49.0 Å². The molecule has 5 rings (SSSR count). The van der Waals surface area contributed by atoms with Crippen LogP contribution in [-0.2, 0) is 57.8 Å². The highest BCUT2D eigenvalue weighted by Crippen LogP contribution is 2.32. The zero-order chi connectivity index (χ0) is 41.5. The maximum absolute atomic E-state index is 12.8. The van der Waals surface area contributed by atoms with Gasteiger partial charge in [-0.25, -0.2) is 0 Å². The van der Waals surface area contributed by atoms with Crippen molar-refractivity contribution in [2.45, 2.75) is 121 Å². The smallest absolute Gasteiger partial charge is 0.220 e. The molecule has 2 fully saturated rings. The number of nitrogens with two attached hydrogens (primary N) is 1. The maximum Gasteiger partial charge on any atom is 0.220 e. The van der Waals surface area contributed by atoms with Gasteiger partial charge in [-0.05, 0) is 29.0 Å². The van der Waals surface area contributed by atoms with E-state index in [2.05, 4.69) is 5.32 Å². The summed E-state index contributed by atoms with van der Waals surface area (Å²) in [6.45, 7) is 2.83. The predicted molar refractivity (Wildman–Crippen MR) is 231 cm³/mol. The molecule has 0 radical (unpaired) electrons. The average molecular weight is 857 g/mol. The standard InChI is InChI=1S/C45H64N2O10S2/c1-2-40(49)47-37(41(50)38(48)29-51-24-23-33-15-7-3-8-16-33)28-56-45-44(55-27-36-21-13-6-14-22-36)43(54-26-35-19-11-5-12-20-35)42(53-25-34-17-9-4-10-18-34)39(57-45)30-52-32-59-58-31-46/h4-6,9-14,17-22,33,37-39,41-45,48,50H,2-3,7-8,15-16,23-32,46H2,1H3,(H,47,49)/t37-,38+,39?,41-,42?,43?,44?,45?/m0/s1. The van der Waals surface area contributed by atoms with E-state index in [1.165, 1.54) is 53.7 Å². The van der Waals surface area contributed by atoms with E-state index in [0.29, 0.717) is 24.3 Å². The molecule has 1 aliphatic carbocycles. The molecule has 8 atom stereocenters. The van der Waals surface area contributed by atoms with Crippen LogP contribution in [0.1, 0.15) is 68.6 Å². The van der Waals surface area contributed by atoms with Gasteiger partial charge in [0.1, 0.15) is 42.6 Å². The van der Waals surface area contributed by atoms with Crippen molar-refractivity contribution in [3.8, 4) is 0 Å². The van der Waals surface area contributed by atoms with Gasteiger partial charge < -0.3 is 54.4 Å². The molecule has 1 aliphatic heterocycles. The summed E-state index contributed by atoms with van der Waals surface area (Å²) < 4.78 is 45.4. The van der Waals surface area contributed by atoms with Crippen molar-refractivity contribution in [3.63, 3.8) is 0 Å². The molecule has 1 heterocycles. The number of rotatable bonds is 27. The lowest BCUT2D eigenvalue weighted by Crippen LogP contribution is -2.62. The number of ether oxygens (including phenoxy) is 7. The first-order chi connectivity index (χ1) is 28.9. The minimum absolute atomic E-state index is 0.0785. The number of carbonyl (C=O) groups is 1. The van der Waals surface area contributed by atoms with Gasteiger partial charge in [0.15, 0.2) is 6.29 Å². The number of nitrogens with one attached hydrogen (secondary N) is 1. The van der Waals surface area contributed by atoms with Crippen LogP contribution in [0.25, 0.3) is 0 Å². The van der Waals surface area contributed by atoms with Crippen LogP contribution >= 0.6 is 21.6 Å². The molecular weight excluding hydrogens is 793 g/mol. The van der Waals surface area contributed by atoms with E-state index in [-0.39, 0.29) is 52.0 Å². The second-order valence-electron chi connectivity index (χ2n) is 15.0. The first kappa shape index (κ1) is 47.5. The second-order valence-corrected chi connectivity index (χ2v) is 17.5. The van der Waals surface area contributed by atoms with Crippen molar-refractivity contribution in [2.24, 2.45) is 11.7 Å². The van der Waals surface area contributed by atoms with Gasteiger partial charge in [0.25, 0.3) is 0 Å². The molecule has 14 heteroatoms. The van der Waals surface area contributed by atoms with E-state index in [0.717, 1.165) is 23.1 Å². The zero-order valence-corrected chi connectivity index (χ0v) is 35.9. The highest BCUT2D eigenvalue weighted by molar-refractivity contribution is 8.76. The Hall–Kier alpha value is -2.57. The lowest BCUT2D eigenvalue weighted by atomic mass is 9.87. The van der Waals surface area contributed by atoms with Gasteiger partial charge in [-0.15, -0.1) is 0 Å². The van der Waals surface area contributed by atoms with Crippen molar-refractivity contribution in [1.82, 2.24) is 5.32 Å². The Morgan fingerprint density at radius 2 is 1.34 bits per heavy atom. The third-order valence-electron chi connectivity index (χ3n) is 10.6. The zero-order valence-electron chi connectivity index (χ0n) is 34.2. The molecule has 3 aromatic rings. The quantitative estimate of drug-likeness (QED) is 0.0382. The fourth-order valence-corrected chi connectivity index (χ4v) is 8.35. The van der Waals surface area contributed by atoms with Crippen LogP contribution in [-0.4, -0.2) is 103 Å². The molecule has 0 spiro atoms. The minimum Gasteiger partial charge on any atom is -0.388 e. The van der Waals surface area contributed by atoms with Crippen molar-refractivity contribution in [2.75, 3.05) is 38.2 Å².